The molecule has 0 saturated heterocycles. The number of benzene rings is 1. The maximum Gasteiger partial charge on any atom is 0.433 e. The molecule has 31 heavy (non-hydrogen) atoms. The molecule has 2 N–H and O–H groups in total. The van der Waals surface area contributed by atoms with Gasteiger partial charge in [-0.05, 0) is 42.5 Å². The molecule has 0 aliphatic rings. The summed E-state index contributed by atoms with van der Waals surface area (Å²) in [6.45, 7) is 0. The van der Waals surface area contributed by atoms with Crippen molar-refractivity contribution in [3.63, 3.8) is 0 Å². The fourth-order valence-electron chi connectivity index (χ4n) is 3.20. The summed E-state index contributed by atoms with van der Waals surface area (Å²) < 4.78 is 46.8. The molecule has 0 amide bonds. The van der Waals surface area contributed by atoms with Gasteiger partial charge in [0.2, 0.25) is 5.88 Å². The predicted octanol–water partition coefficient (Wildman–Crippen LogP) is 4.82. The summed E-state index contributed by atoms with van der Waals surface area (Å²) in [5.41, 5.74) is 5.18. The van der Waals surface area contributed by atoms with Crippen molar-refractivity contribution in [1.82, 2.24) is 14.5 Å². The van der Waals surface area contributed by atoms with Gasteiger partial charge in [0.05, 0.1) is 24.0 Å². The first-order valence-corrected chi connectivity index (χ1v) is 9.69. The SMILES string of the molecule is COc1ccc(-c2c(N)c3ccc(C(F)(F)F)nc3n(-c3ccc(Br)cc3)c2=O)cn1. The zero-order valence-corrected chi connectivity index (χ0v) is 17.5. The molecule has 0 spiro atoms. The van der Waals surface area contributed by atoms with Crippen molar-refractivity contribution in [3.05, 3.63) is 75.2 Å². The molecule has 0 aliphatic heterocycles. The van der Waals surface area contributed by atoms with Gasteiger partial charge in [0.1, 0.15) is 11.3 Å². The highest BCUT2D eigenvalue weighted by atomic mass is 79.9. The van der Waals surface area contributed by atoms with Crippen LogP contribution in [0.2, 0.25) is 0 Å². The minimum Gasteiger partial charge on any atom is -0.481 e. The number of halogens is 4. The number of rotatable bonds is 3. The minimum absolute atomic E-state index is 0.0153. The molecule has 4 aromatic rings. The van der Waals surface area contributed by atoms with E-state index in [-0.39, 0.29) is 22.3 Å². The fourth-order valence-corrected chi connectivity index (χ4v) is 3.47. The highest BCUT2D eigenvalue weighted by molar-refractivity contribution is 9.10. The molecule has 10 heteroatoms. The fraction of sp³-hybridized carbons (Fsp3) is 0.0952. The van der Waals surface area contributed by atoms with E-state index in [0.29, 0.717) is 17.1 Å². The Morgan fingerprint density at radius 1 is 1.06 bits per heavy atom. The molecule has 0 unspecified atom stereocenters. The third-order valence-electron chi connectivity index (χ3n) is 4.67. The molecule has 0 atom stereocenters. The molecule has 0 saturated carbocycles. The number of nitrogens with two attached hydrogens (primary N) is 1. The zero-order valence-electron chi connectivity index (χ0n) is 15.9. The van der Waals surface area contributed by atoms with Gasteiger partial charge in [0, 0.05) is 27.7 Å². The normalized spacial score (nSPS) is 11.6. The van der Waals surface area contributed by atoms with Crippen LogP contribution in [0, 0.1) is 0 Å². The summed E-state index contributed by atoms with van der Waals surface area (Å²) in [5, 5.41) is 0.210. The van der Waals surface area contributed by atoms with Crippen LogP contribution in [0.15, 0.2) is 64.0 Å². The van der Waals surface area contributed by atoms with Gasteiger partial charge in [-0.1, -0.05) is 15.9 Å². The van der Waals surface area contributed by atoms with Crippen molar-refractivity contribution >= 4 is 32.7 Å². The lowest BCUT2D eigenvalue weighted by molar-refractivity contribution is -0.141. The van der Waals surface area contributed by atoms with E-state index in [1.165, 1.54) is 19.4 Å². The lowest BCUT2D eigenvalue weighted by Gasteiger charge is -2.17. The molecular weight excluding hydrogens is 477 g/mol. The van der Waals surface area contributed by atoms with Crippen molar-refractivity contribution in [3.8, 4) is 22.7 Å². The number of methoxy groups -OCH3 is 1. The lowest BCUT2D eigenvalue weighted by Crippen LogP contribution is -2.24. The number of hydrogen-bond acceptors (Lipinski definition) is 5. The Hall–Kier alpha value is -3.40. The van der Waals surface area contributed by atoms with E-state index in [4.69, 9.17) is 10.5 Å². The highest BCUT2D eigenvalue weighted by Crippen LogP contribution is 2.34. The van der Waals surface area contributed by atoms with Crippen LogP contribution in [-0.4, -0.2) is 21.6 Å². The van der Waals surface area contributed by atoms with E-state index < -0.39 is 17.4 Å². The van der Waals surface area contributed by atoms with Gasteiger partial charge in [-0.2, -0.15) is 13.2 Å². The Balaban J connectivity index is 2.11. The van der Waals surface area contributed by atoms with Gasteiger partial charge in [-0.3, -0.25) is 9.36 Å². The number of anilines is 1. The first-order chi connectivity index (χ1) is 14.7. The second-order valence-electron chi connectivity index (χ2n) is 6.56. The maximum atomic E-state index is 13.5. The first kappa shape index (κ1) is 20.9. The molecule has 3 heterocycles. The number of aromatic nitrogens is 3. The number of ether oxygens (including phenoxy) is 1. The van der Waals surface area contributed by atoms with Crippen LogP contribution in [0.25, 0.3) is 27.8 Å². The second kappa shape index (κ2) is 7.69. The molecule has 4 rings (SSSR count). The van der Waals surface area contributed by atoms with E-state index >= 15 is 0 Å². The van der Waals surface area contributed by atoms with Crippen LogP contribution in [-0.2, 0) is 6.18 Å². The Labute approximate surface area is 182 Å². The largest absolute Gasteiger partial charge is 0.481 e. The zero-order chi connectivity index (χ0) is 22.3. The number of pyridine rings is 3. The van der Waals surface area contributed by atoms with Crippen LogP contribution in [0.3, 0.4) is 0 Å². The third kappa shape index (κ3) is 3.74. The minimum atomic E-state index is -4.68. The maximum absolute atomic E-state index is 13.5. The molecule has 6 nitrogen and oxygen atoms in total. The number of nitrogens with zero attached hydrogens (tertiary/aromatic N) is 3. The van der Waals surface area contributed by atoms with Gasteiger partial charge in [-0.25, -0.2) is 9.97 Å². The Morgan fingerprint density at radius 3 is 2.35 bits per heavy atom. The van der Waals surface area contributed by atoms with Gasteiger partial charge in [0.25, 0.3) is 5.56 Å². The number of fused-ring (bicyclic) bond motifs is 1. The van der Waals surface area contributed by atoms with Crippen molar-refractivity contribution in [2.75, 3.05) is 12.8 Å². The molecule has 0 fully saturated rings. The summed E-state index contributed by atoms with van der Waals surface area (Å²) in [6.07, 6.45) is -3.26. The summed E-state index contributed by atoms with van der Waals surface area (Å²) in [5.74, 6) is 0.341. The van der Waals surface area contributed by atoms with E-state index in [9.17, 15) is 18.0 Å². The average Bonchev–Trinajstić information content (AvgIpc) is 2.74. The number of alkyl halides is 3. The lowest BCUT2D eigenvalue weighted by atomic mass is 10.0. The van der Waals surface area contributed by atoms with Crippen LogP contribution in [0.1, 0.15) is 5.69 Å². The van der Waals surface area contributed by atoms with Crippen LogP contribution in [0.4, 0.5) is 18.9 Å². The molecular formula is C21H14BrF3N4O2. The summed E-state index contributed by atoms with van der Waals surface area (Å²) in [7, 11) is 1.46. The molecule has 158 valence electrons. The van der Waals surface area contributed by atoms with Gasteiger partial charge in [0.15, 0.2) is 0 Å². The highest BCUT2D eigenvalue weighted by Gasteiger charge is 2.33. The van der Waals surface area contributed by atoms with E-state index in [0.717, 1.165) is 15.1 Å². The van der Waals surface area contributed by atoms with Crippen LogP contribution >= 0.6 is 15.9 Å². The van der Waals surface area contributed by atoms with Gasteiger partial charge >= 0.3 is 6.18 Å². The smallest absolute Gasteiger partial charge is 0.433 e. The van der Waals surface area contributed by atoms with E-state index in [2.05, 4.69) is 25.9 Å². The monoisotopic (exact) mass is 490 g/mol. The standard InChI is InChI=1S/C21H14BrF3N4O2/c1-31-16-9-2-11(10-27-16)17-18(26)14-7-8-15(21(23,24)25)28-19(14)29(20(17)30)13-5-3-12(22)4-6-13/h2-10H,26H2,1H3. The van der Waals surface area contributed by atoms with Crippen LogP contribution in [0.5, 0.6) is 5.88 Å². The third-order valence-corrected chi connectivity index (χ3v) is 5.20. The molecule has 0 bridgehead atoms. The van der Waals surface area contributed by atoms with Crippen LogP contribution < -0.4 is 16.0 Å². The molecule has 0 aliphatic carbocycles. The van der Waals surface area contributed by atoms with Crippen molar-refractivity contribution in [2.45, 2.75) is 6.18 Å². The average molecular weight is 491 g/mol. The van der Waals surface area contributed by atoms with E-state index in [1.807, 2.05) is 0 Å². The summed E-state index contributed by atoms with van der Waals surface area (Å²) >= 11 is 3.31. The van der Waals surface area contributed by atoms with Gasteiger partial charge < -0.3 is 10.5 Å². The Morgan fingerprint density at radius 2 is 1.77 bits per heavy atom. The molecule has 1 aromatic carbocycles. The Kier molecular flexibility index (Phi) is 5.18. The summed E-state index contributed by atoms with van der Waals surface area (Å²) in [4.78, 5) is 21.3. The van der Waals surface area contributed by atoms with E-state index in [1.54, 1.807) is 36.4 Å². The summed E-state index contributed by atoms with van der Waals surface area (Å²) in [6, 6.07) is 11.8. The second-order valence-corrected chi connectivity index (χ2v) is 7.48. The van der Waals surface area contributed by atoms with Crippen molar-refractivity contribution in [1.29, 1.82) is 0 Å². The van der Waals surface area contributed by atoms with Crippen molar-refractivity contribution in [2.24, 2.45) is 0 Å². The number of nitrogen functional groups attached to an aromatic ring is 1. The number of hydrogen-bond donors (Lipinski definition) is 1. The quantitative estimate of drug-likeness (QED) is 0.445. The first-order valence-electron chi connectivity index (χ1n) is 8.89. The van der Waals surface area contributed by atoms with Crippen molar-refractivity contribution < 1.29 is 17.9 Å². The topological polar surface area (TPSA) is 83.0 Å². The molecule has 3 aromatic heterocycles. The Bertz CT molecular complexity index is 1330. The predicted molar refractivity (Wildman–Crippen MR) is 114 cm³/mol. The molecule has 0 radical (unpaired) electrons. The van der Waals surface area contributed by atoms with Gasteiger partial charge in [-0.15, -0.1) is 0 Å².